The van der Waals surface area contributed by atoms with Gasteiger partial charge in [-0.25, -0.2) is 4.98 Å². The van der Waals surface area contributed by atoms with Gasteiger partial charge in [0.1, 0.15) is 12.2 Å². The van der Waals surface area contributed by atoms with E-state index >= 15 is 0 Å². The molecule has 5 nitrogen and oxygen atoms in total. The summed E-state index contributed by atoms with van der Waals surface area (Å²) < 4.78 is 2.03. The molecule has 18 heavy (non-hydrogen) atoms. The summed E-state index contributed by atoms with van der Waals surface area (Å²) in [5.74, 6) is 1.10. The third-order valence-electron chi connectivity index (χ3n) is 2.98. The first-order valence-electron chi connectivity index (χ1n) is 6.92. The molecule has 1 aromatic heterocycles. The first-order valence-corrected chi connectivity index (χ1v) is 6.92. The number of likely N-dealkylation sites (N-methyl/N-ethyl adjacent to an activating group) is 1. The molecule has 0 spiro atoms. The van der Waals surface area contributed by atoms with Gasteiger partial charge in [0.25, 0.3) is 0 Å². The standard InChI is InChI=1S/C13H27N5/c1-5-8-18-13(15-11-16-18)10-12(14-6-2)7-9-17(3)4/h11-12,14H,5-10H2,1-4H3. The Morgan fingerprint density at radius 3 is 2.78 bits per heavy atom. The molecule has 1 unspecified atom stereocenters. The van der Waals surface area contributed by atoms with Gasteiger partial charge < -0.3 is 10.2 Å². The maximum absolute atomic E-state index is 4.38. The van der Waals surface area contributed by atoms with Crippen molar-refractivity contribution in [3.8, 4) is 0 Å². The summed E-state index contributed by atoms with van der Waals surface area (Å²) >= 11 is 0. The Labute approximate surface area is 111 Å². The van der Waals surface area contributed by atoms with Crippen molar-refractivity contribution in [1.29, 1.82) is 0 Å². The average molecular weight is 253 g/mol. The molecule has 0 bridgehead atoms. The van der Waals surface area contributed by atoms with Crippen LogP contribution in [0, 0.1) is 0 Å². The predicted molar refractivity (Wildman–Crippen MR) is 74.7 cm³/mol. The zero-order chi connectivity index (χ0) is 13.4. The number of nitrogens with zero attached hydrogens (tertiary/aromatic N) is 4. The molecule has 1 atom stereocenters. The average Bonchev–Trinajstić information content (AvgIpc) is 2.74. The second kappa shape index (κ2) is 8.21. The van der Waals surface area contributed by atoms with Crippen LogP contribution < -0.4 is 5.32 Å². The number of nitrogens with one attached hydrogen (secondary N) is 1. The Kier molecular flexibility index (Phi) is 6.90. The summed E-state index contributed by atoms with van der Waals surface area (Å²) in [5, 5.41) is 7.82. The van der Waals surface area contributed by atoms with E-state index in [-0.39, 0.29) is 0 Å². The maximum atomic E-state index is 4.38. The Morgan fingerprint density at radius 1 is 1.39 bits per heavy atom. The molecule has 1 N–H and O–H groups in total. The van der Waals surface area contributed by atoms with Gasteiger partial charge in [-0.3, -0.25) is 4.68 Å². The van der Waals surface area contributed by atoms with Crippen LogP contribution in [0.3, 0.4) is 0 Å². The first-order chi connectivity index (χ1) is 8.67. The molecule has 1 aromatic rings. The molecule has 5 heteroatoms. The molecule has 0 radical (unpaired) electrons. The van der Waals surface area contributed by atoms with Gasteiger partial charge in [0.15, 0.2) is 0 Å². The van der Waals surface area contributed by atoms with E-state index in [0.29, 0.717) is 6.04 Å². The molecule has 0 amide bonds. The van der Waals surface area contributed by atoms with E-state index < -0.39 is 0 Å². The van der Waals surface area contributed by atoms with Crippen LogP contribution in [0.1, 0.15) is 32.5 Å². The van der Waals surface area contributed by atoms with Crippen LogP contribution in [-0.2, 0) is 13.0 Å². The van der Waals surface area contributed by atoms with Gasteiger partial charge in [-0.1, -0.05) is 13.8 Å². The summed E-state index contributed by atoms with van der Waals surface area (Å²) in [5.41, 5.74) is 0. The van der Waals surface area contributed by atoms with Crippen molar-refractivity contribution in [3.05, 3.63) is 12.2 Å². The van der Waals surface area contributed by atoms with Crippen molar-refractivity contribution in [2.24, 2.45) is 0 Å². The van der Waals surface area contributed by atoms with Crippen molar-refractivity contribution in [1.82, 2.24) is 25.0 Å². The summed E-state index contributed by atoms with van der Waals surface area (Å²) in [7, 11) is 4.23. The molecular formula is C13H27N5. The van der Waals surface area contributed by atoms with E-state index in [1.807, 2.05) is 4.68 Å². The molecule has 0 aliphatic rings. The third-order valence-corrected chi connectivity index (χ3v) is 2.98. The largest absolute Gasteiger partial charge is 0.314 e. The Balaban J connectivity index is 2.55. The molecule has 1 rings (SSSR count). The van der Waals surface area contributed by atoms with E-state index in [4.69, 9.17) is 0 Å². The van der Waals surface area contributed by atoms with Crippen LogP contribution in [0.25, 0.3) is 0 Å². The summed E-state index contributed by atoms with van der Waals surface area (Å²) in [6.07, 6.45) is 4.86. The highest BCUT2D eigenvalue weighted by Crippen LogP contribution is 2.04. The fraction of sp³-hybridized carbons (Fsp3) is 0.846. The van der Waals surface area contributed by atoms with Crippen molar-refractivity contribution in [2.45, 2.75) is 45.7 Å². The van der Waals surface area contributed by atoms with Crippen molar-refractivity contribution >= 4 is 0 Å². The van der Waals surface area contributed by atoms with Crippen LogP contribution in [0.4, 0.5) is 0 Å². The highest BCUT2D eigenvalue weighted by Gasteiger charge is 2.13. The van der Waals surface area contributed by atoms with E-state index in [2.05, 4.69) is 48.2 Å². The Bertz CT molecular complexity index is 321. The van der Waals surface area contributed by atoms with Crippen LogP contribution >= 0.6 is 0 Å². The number of hydrogen-bond donors (Lipinski definition) is 1. The highest BCUT2D eigenvalue weighted by molar-refractivity contribution is 4.90. The second-order valence-corrected chi connectivity index (χ2v) is 4.95. The van der Waals surface area contributed by atoms with Crippen LogP contribution in [0.2, 0.25) is 0 Å². The normalized spacial score (nSPS) is 13.2. The minimum atomic E-state index is 0.484. The van der Waals surface area contributed by atoms with Crippen molar-refractivity contribution in [3.63, 3.8) is 0 Å². The molecule has 0 saturated carbocycles. The lowest BCUT2D eigenvalue weighted by Crippen LogP contribution is -2.35. The zero-order valence-corrected chi connectivity index (χ0v) is 12.2. The lowest BCUT2D eigenvalue weighted by molar-refractivity contribution is 0.354. The molecule has 1 heterocycles. The van der Waals surface area contributed by atoms with Gasteiger partial charge >= 0.3 is 0 Å². The minimum Gasteiger partial charge on any atom is -0.314 e. The van der Waals surface area contributed by atoms with Crippen LogP contribution in [0.5, 0.6) is 0 Å². The van der Waals surface area contributed by atoms with Crippen LogP contribution in [0.15, 0.2) is 6.33 Å². The third kappa shape index (κ3) is 5.14. The summed E-state index contributed by atoms with van der Waals surface area (Å²) in [6.45, 7) is 7.38. The topological polar surface area (TPSA) is 46.0 Å². The molecular weight excluding hydrogens is 226 g/mol. The number of hydrogen-bond acceptors (Lipinski definition) is 4. The zero-order valence-electron chi connectivity index (χ0n) is 12.2. The van der Waals surface area contributed by atoms with Gasteiger partial charge in [0.2, 0.25) is 0 Å². The molecule has 0 saturated heterocycles. The number of aromatic nitrogens is 3. The lowest BCUT2D eigenvalue weighted by atomic mass is 10.1. The smallest absolute Gasteiger partial charge is 0.138 e. The fourth-order valence-electron chi connectivity index (χ4n) is 2.04. The van der Waals surface area contributed by atoms with Gasteiger partial charge in [-0.2, -0.15) is 5.10 Å². The Morgan fingerprint density at radius 2 is 2.17 bits per heavy atom. The van der Waals surface area contributed by atoms with Gasteiger partial charge in [0.05, 0.1) is 0 Å². The van der Waals surface area contributed by atoms with E-state index in [1.165, 1.54) is 0 Å². The monoisotopic (exact) mass is 253 g/mol. The quantitative estimate of drug-likeness (QED) is 0.717. The summed E-state index contributed by atoms with van der Waals surface area (Å²) in [6, 6.07) is 0.484. The second-order valence-electron chi connectivity index (χ2n) is 4.95. The maximum Gasteiger partial charge on any atom is 0.138 e. The fourth-order valence-corrected chi connectivity index (χ4v) is 2.04. The van der Waals surface area contributed by atoms with E-state index in [1.54, 1.807) is 6.33 Å². The molecule has 0 fully saturated rings. The van der Waals surface area contributed by atoms with Crippen molar-refractivity contribution in [2.75, 3.05) is 27.2 Å². The van der Waals surface area contributed by atoms with Crippen LogP contribution in [-0.4, -0.2) is 52.9 Å². The first kappa shape index (κ1) is 15.1. The molecule has 0 aliphatic heterocycles. The SMILES string of the molecule is CCCn1ncnc1CC(CCN(C)C)NCC. The van der Waals surface area contributed by atoms with E-state index in [0.717, 1.165) is 44.7 Å². The predicted octanol–water partition coefficient (Wildman–Crippen LogP) is 1.16. The number of aryl methyl sites for hydroxylation is 1. The highest BCUT2D eigenvalue weighted by atomic mass is 15.3. The minimum absolute atomic E-state index is 0.484. The number of rotatable bonds is 9. The Hall–Kier alpha value is -0.940. The van der Waals surface area contributed by atoms with Gasteiger partial charge in [-0.05, 0) is 40.0 Å². The van der Waals surface area contributed by atoms with E-state index in [9.17, 15) is 0 Å². The lowest BCUT2D eigenvalue weighted by Gasteiger charge is -2.20. The molecule has 104 valence electrons. The summed E-state index contributed by atoms with van der Waals surface area (Å²) in [4.78, 5) is 6.61. The van der Waals surface area contributed by atoms with Gasteiger partial charge in [0, 0.05) is 19.0 Å². The van der Waals surface area contributed by atoms with Crippen molar-refractivity contribution < 1.29 is 0 Å². The molecule has 0 aliphatic carbocycles. The van der Waals surface area contributed by atoms with Gasteiger partial charge in [-0.15, -0.1) is 0 Å². The molecule has 0 aromatic carbocycles.